The number of carbonyl (C=O) groups is 1. The van der Waals surface area contributed by atoms with Gasteiger partial charge >= 0.3 is 6.18 Å². The number of aromatic amines is 1. The molecule has 0 radical (unpaired) electrons. The molecule has 1 N–H and O–H groups in total. The maximum Gasteiger partial charge on any atom is 0.407 e. The normalized spacial score (nSPS) is 13.5. The maximum absolute atomic E-state index is 12.7. The molecule has 0 aliphatic carbocycles. The molecule has 37 heavy (non-hydrogen) atoms. The maximum atomic E-state index is 12.7. The Morgan fingerprint density at radius 1 is 1.19 bits per heavy atom. The minimum atomic E-state index is -4.33. The summed E-state index contributed by atoms with van der Waals surface area (Å²) < 4.78 is 39.7. The first-order valence-corrected chi connectivity index (χ1v) is 13.2. The van der Waals surface area contributed by atoms with Gasteiger partial charge in [-0.25, -0.2) is 0 Å². The molecule has 2 aromatic heterocycles. The Morgan fingerprint density at radius 3 is 2.70 bits per heavy atom. The summed E-state index contributed by atoms with van der Waals surface area (Å²) in [7, 11) is 2.32. The van der Waals surface area contributed by atoms with Crippen LogP contribution in [0, 0.1) is 12.8 Å². The molecule has 0 saturated heterocycles. The monoisotopic (exact) mass is 528 g/mol. The Bertz CT molecular complexity index is 1390. The van der Waals surface area contributed by atoms with Crippen LogP contribution >= 0.6 is 9.24 Å². The zero-order chi connectivity index (χ0) is 26.6. The highest BCUT2D eigenvalue weighted by atomic mass is 31.0. The fourth-order valence-electron chi connectivity index (χ4n) is 4.82. The number of nitrogens with zero attached hydrogens (tertiary/aromatic N) is 3. The first-order chi connectivity index (χ1) is 17.6. The minimum Gasteiger partial charge on any atom is -0.352 e. The van der Waals surface area contributed by atoms with E-state index in [0.29, 0.717) is 23.6 Å². The van der Waals surface area contributed by atoms with Gasteiger partial charge in [0.1, 0.15) is 6.54 Å². The van der Waals surface area contributed by atoms with Crippen molar-refractivity contribution in [1.82, 2.24) is 14.8 Å². The highest BCUT2D eigenvalue weighted by molar-refractivity contribution is 7.42. The van der Waals surface area contributed by atoms with Crippen molar-refractivity contribution in [2.75, 3.05) is 6.54 Å². The second-order valence-corrected chi connectivity index (χ2v) is 10.1. The van der Waals surface area contributed by atoms with Crippen molar-refractivity contribution in [3.8, 4) is 0 Å². The van der Waals surface area contributed by atoms with Gasteiger partial charge in [0, 0.05) is 41.0 Å². The van der Waals surface area contributed by atoms with E-state index >= 15 is 0 Å². The van der Waals surface area contributed by atoms with E-state index in [2.05, 4.69) is 26.1 Å². The van der Waals surface area contributed by atoms with Gasteiger partial charge in [-0.2, -0.15) is 18.3 Å². The van der Waals surface area contributed by atoms with Gasteiger partial charge in [0.2, 0.25) is 0 Å². The van der Waals surface area contributed by atoms with Crippen LogP contribution in [0.1, 0.15) is 60.6 Å². The van der Waals surface area contributed by atoms with E-state index in [1.54, 1.807) is 6.07 Å². The van der Waals surface area contributed by atoms with Crippen molar-refractivity contribution in [2.24, 2.45) is 10.9 Å². The van der Waals surface area contributed by atoms with Crippen molar-refractivity contribution >= 4 is 42.3 Å². The lowest BCUT2D eigenvalue weighted by atomic mass is 9.96. The summed E-state index contributed by atoms with van der Waals surface area (Å²) in [5.74, 6) is 0.500. The number of H-pyrrole nitrogens is 1. The molecule has 2 atom stereocenters. The van der Waals surface area contributed by atoms with Gasteiger partial charge in [0.05, 0.1) is 16.7 Å². The highest BCUT2D eigenvalue weighted by Crippen LogP contribution is 2.26. The molecule has 2 aromatic carbocycles. The number of aliphatic imine (C=N–C) groups is 1. The number of rotatable bonds is 11. The lowest BCUT2D eigenvalue weighted by Crippen LogP contribution is -2.13. The molecular formula is C28H32F3N4OP. The molecule has 0 aliphatic rings. The summed E-state index contributed by atoms with van der Waals surface area (Å²) in [5.41, 5.74) is 4.24. The van der Waals surface area contributed by atoms with Crippen LogP contribution in [0.15, 0.2) is 53.7 Å². The molecule has 2 unspecified atom stereocenters. The van der Waals surface area contributed by atoms with Gasteiger partial charge in [-0.1, -0.05) is 46.8 Å². The predicted molar refractivity (Wildman–Crippen MR) is 147 cm³/mol. The number of carbonyl (C=O) groups excluding carboxylic acids is 1. The Hall–Kier alpha value is -2.99. The van der Waals surface area contributed by atoms with Gasteiger partial charge in [0.25, 0.3) is 0 Å². The van der Waals surface area contributed by atoms with Crippen LogP contribution in [0.5, 0.6) is 0 Å². The van der Waals surface area contributed by atoms with Crippen molar-refractivity contribution in [2.45, 2.75) is 58.7 Å². The minimum absolute atomic E-state index is 0.125. The Balaban J connectivity index is 1.41. The number of para-hydroxylation sites is 1. The average molecular weight is 529 g/mol. The molecule has 0 spiro atoms. The average Bonchev–Trinajstić information content (AvgIpc) is 3.47. The van der Waals surface area contributed by atoms with E-state index in [1.165, 1.54) is 0 Å². The second kappa shape index (κ2) is 11.6. The van der Waals surface area contributed by atoms with E-state index in [4.69, 9.17) is 5.10 Å². The van der Waals surface area contributed by atoms with E-state index < -0.39 is 12.7 Å². The summed E-state index contributed by atoms with van der Waals surface area (Å²) in [6.07, 6.45) is 1.91. The van der Waals surface area contributed by atoms with Gasteiger partial charge < -0.3 is 4.98 Å². The van der Waals surface area contributed by atoms with Crippen molar-refractivity contribution in [3.05, 3.63) is 65.5 Å². The number of halogens is 3. The molecule has 0 bridgehead atoms. The quantitative estimate of drug-likeness (QED) is 0.125. The smallest absolute Gasteiger partial charge is 0.352 e. The molecule has 0 saturated carbocycles. The van der Waals surface area contributed by atoms with E-state index in [0.717, 1.165) is 59.6 Å². The summed E-state index contributed by atoms with van der Waals surface area (Å²) in [6, 6.07) is 13.4. The molecule has 5 nitrogen and oxygen atoms in total. The first kappa shape index (κ1) is 27.1. The molecule has 4 aromatic rings. The van der Waals surface area contributed by atoms with E-state index in [-0.39, 0.29) is 11.2 Å². The number of nitrogens with one attached hydrogen (secondary N) is 1. The fourth-order valence-corrected chi connectivity index (χ4v) is 5.22. The predicted octanol–water partition coefficient (Wildman–Crippen LogP) is 7.48. The van der Waals surface area contributed by atoms with E-state index in [9.17, 15) is 18.0 Å². The lowest BCUT2D eigenvalue weighted by Gasteiger charge is -2.15. The third-order valence-electron chi connectivity index (χ3n) is 6.70. The molecular weight excluding hydrogens is 496 g/mol. The number of aromatic nitrogens is 3. The van der Waals surface area contributed by atoms with Crippen LogP contribution in [-0.2, 0) is 6.54 Å². The summed E-state index contributed by atoms with van der Waals surface area (Å²) in [5, 5.41) is 6.66. The molecule has 9 heteroatoms. The zero-order valence-electron chi connectivity index (χ0n) is 21.1. The zero-order valence-corrected chi connectivity index (χ0v) is 22.3. The largest absolute Gasteiger partial charge is 0.407 e. The number of ketones is 1. The fraction of sp³-hybridized carbons (Fsp3) is 0.393. The number of alkyl halides is 3. The van der Waals surface area contributed by atoms with Crippen molar-refractivity contribution in [1.29, 1.82) is 0 Å². The molecule has 4 rings (SSSR count). The van der Waals surface area contributed by atoms with Crippen LogP contribution in [0.3, 0.4) is 0 Å². The van der Waals surface area contributed by atoms with Gasteiger partial charge in [-0.3, -0.25) is 14.5 Å². The van der Waals surface area contributed by atoms with Gasteiger partial charge in [-0.15, -0.1) is 0 Å². The first-order valence-electron chi connectivity index (χ1n) is 12.6. The third kappa shape index (κ3) is 6.86. The van der Waals surface area contributed by atoms with Crippen molar-refractivity contribution in [3.63, 3.8) is 0 Å². The van der Waals surface area contributed by atoms with Crippen LogP contribution in [-0.4, -0.2) is 38.7 Å². The summed E-state index contributed by atoms with van der Waals surface area (Å²) in [6.45, 7) is 3.56. The van der Waals surface area contributed by atoms with E-state index in [1.807, 2.05) is 54.2 Å². The molecule has 0 aliphatic heterocycles. The van der Waals surface area contributed by atoms with Crippen LogP contribution in [0.2, 0.25) is 0 Å². The van der Waals surface area contributed by atoms with Crippen LogP contribution in [0.4, 0.5) is 13.2 Å². The molecule has 0 fully saturated rings. The second-order valence-electron chi connectivity index (χ2n) is 9.58. The standard InChI is InChI=1S/C28H32F3N4OP/c1-3-7-19(8-6-11-26(36)25-14-20-9-4-5-10-23(20)33-25)15-35-16-22-18(2)21(12-13-24(22)34-35)27(37)32-17-28(29,30)31/h4-5,9-10,12-14,16,19,33H,3,6-8,11,15,17,37H2,1-2H3. The summed E-state index contributed by atoms with van der Waals surface area (Å²) in [4.78, 5) is 19.6. The highest BCUT2D eigenvalue weighted by Gasteiger charge is 2.26. The molecule has 196 valence electrons. The molecule has 0 amide bonds. The number of Topliss-reactive ketones (excluding diaryl/α,β-unsaturated/α-hetero) is 1. The Morgan fingerprint density at radius 2 is 1.97 bits per heavy atom. The number of benzene rings is 2. The topological polar surface area (TPSA) is 63.0 Å². The van der Waals surface area contributed by atoms with Crippen molar-refractivity contribution < 1.29 is 18.0 Å². The Kier molecular flexibility index (Phi) is 8.48. The number of aryl methyl sites for hydroxylation is 1. The Labute approximate surface area is 216 Å². The molecule has 2 heterocycles. The van der Waals surface area contributed by atoms with Crippen LogP contribution in [0.25, 0.3) is 21.8 Å². The number of hydrogen-bond donors (Lipinski definition) is 1. The number of hydrogen-bond acceptors (Lipinski definition) is 3. The summed E-state index contributed by atoms with van der Waals surface area (Å²) >= 11 is 0. The van der Waals surface area contributed by atoms with Gasteiger partial charge in [0.15, 0.2) is 5.78 Å². The number of fused-ring (bicyclic) bond motifs is 2. The van der Waals surface area contributed by atoms with Crippen LogP contribution < -0.4 is 0 Å². The SMILES string of the molecule is CCCC(CCCC(=O)c1cc2ccccc2[nH]1)Cn1cc2c(C)c(C(P)=NCC(F)(F)F)ccc2n1. The van der Waals surface area contributed by atoms with Gasteiger partial charge in [-0.05, 0) is 55.9 Å². The third-order valence-corrected chi connectivity index (χ3v) is 7.19. The lowest BCUT2D eigenvalue weighted by molar-refractivity contribution is -0.118.